The van der Waals surface area contributed by atoms with Crippen LogP contribution in [-0.4, -0.2) is 34.9 Å². The van der Waals surface area contributed by atoms with Crippen molar-refractivity contribution in [1.29, 1.82) is 0 Å². The van der Waals surface area contributed by atoms with Crippen molar-refractivity contribution in [2.45, 2.75) is 20.4 Å². The van der Waals surface area contributed by atoms with Crippen molar-refractivity contribution in [1.82, 2.24) is 14.5 Å². The molecular weight excluding hydrogens is 244 g/mol. The van der Waals surface area contributed by atoms with E-state index in [1.807, 2.05) is 10.6 Å². The summed E-state index contributed by atoms with van der Waals surface area (Å²) in [6.45, 7) is 6.20. The standard InChI is InChI=1S/C13H20N4O2/c1-9(2)8-19-7-6-17-12-10(15-13(17)14)4-5-11(16-12)18-3/h4-5,9H,6-8H2,1-3H3,(H2,14,15). The number of hydrogen-bond donors (Lipinski definition) is 1. The van der Waals surface area contributed by atoms with Crippen molar-refractivity contribution in [3.8, 4) is 5.88 Å². The summed E-state index contributed by atoms with van der Waals surface area (Å²) >= 11 is 0. The van der Waals surface area contributed by atoms with Crippen molar-refractivity contribution in [2.24, 2.45) is 5.92 Å². The number of nitrogens with zero attached hydrogens (tertiary/aromatic N) is 3. The van der Waals surface area contributed by atoms with Crippen molar-refractivity contribution in [2.75, 3.05) is 26.1 Å². The molecule has 0 fully saturated rings. The summed E-state index contributed by atoms with van der Waals surface area (Å²) in [7, 11) is 1.59. The van der Waals surface area contributed by atoms with E-state index in [1.54, 1.807) is 13.2 Å². The Morgan fingerprint density at radius 2 is 2.11 bits per heavy atom. The van der Waals surface area contributed by atoms with Gasteiger partial charge in [0.15, 0.2) is 5.65 Å². The second-order valence-electron chi connectivity index (χ2n) is 4.79. The van der Waals surface area contributed by atoms with E-state index in [-0.39, 0.29) is 0 Å². The molecule has 0 atom stereocenters. The van der Waals surface area contributed by atoms with Crippen LogP contribution in [0.25, 0.3) is 11.2 Å². The number of nitrogens with two attached hydrogens (primary N) is 1. The van der Waals surface area contributed by atoms with Gasteiger partial charge in [0.1, 0.15) is 5.52 Å². The maximum Gasteiger partial charge on any atom is 0.215 e. The van der Waals surface area contributed by atoms with Crippen LogP contribution in [0.1, 0.15) is 13.8 Å². The van der Waals surface area contributed by atoms with Gasteiger partial charge >= 0.3 is 0 Å². The quantitative estimate of drug-likeness (QED) is 0.804. The van der Waals surface area contributed by atoms with Gasteiger partial charge < -0.3 is 15.2 Å². The predicted octanol–water partition coefficient (Wildman–Crippen LogP) is 1.69. The number of hydrogen-bond acceptors (Lipinski definition) is 5. The summed E-state index contributed by atoms with van der Waals surface area (Å²) in [6, 6.07) is 3.62. The van der Waals surface area contributed by atoms with Crippen LogP contribution in [0.5, 0.6) is 5.88 Å². The minimum Gasteiger partial charge on any atom is -0.481 e. The molecular formula is C13H20N4O2. The Morgan fingerprint density at radius 3 is 2.79 bits per heavy atom. The van der Waals surface area contributed by atoms with Crippen molar-refractivity contribution in [3.63, 3.8) is 0 Å². The first kappa shape index (κ1) is 13.6. The Kier molecular flexibility index (Phi) is 4.21. The minimum absolute atomic E-state index is 0.448. The normalized spacial score (nSPS) is 11.4. The molecule has 2 aromatic heterocycles. The van der Waals surface area contributed by atoms with Gasteiger partial charge in [0.05, 0.1) is 20.3 Å². The summed E-state index contributed by atoms with van der Waals surface area (Å²) in [5.74, 6) is 1.52. The summed E-state index contributed by atoms with van der Waals surface area (Å²) in [5.41, 5.74) is 7.40. The van der Waals surface area contributed by atoms with Crippen LogP contribution in [0, 0.1) is 5.92 Å². The monoisotopic (exact) mass is 264 g/mol. The molecule has 0 unspecified atom stereocenters. The molecule has 0 amide bonds. The summed E-state index contributed by atoms with van der Waals surface area (Å²) in [6.07, 6.45) is 0. The van der Waals surface area contributed by atoms with Crippen molar-refractivity contribution in [3.05, 3.63) is 12.1 Å². The fourth-order valence-electron chi connectivity index (χ4n) is 1.81. The van der Waals surface area contributed by atoms with Gasteiger partial charge in [-0.2, -0.15) is 4.98 Å². The molecule has 0 saturated heterocycles. The summed E-state index contributed by atoms with van der Waals surface area (Å²) in [4.78, 5) is 8.64. The topological polar surface area (TPSA) is 75.2 Å². The molecule has 2 heterocycles. The van der Waals surface area contributed by atoms with Gasteiger partial charge in [0.2, 0.25) is 11.8 Å². The Balaban J connectivity index is 2.14. The molecule has 0 bridgehead atoms. The second-order valence-corrected chi connectivity index (χ2v) is 4.79. The Morgan fingerprint density at radius 1 is 1.32 bits per heavy atom. The lowest BCUT2D eigenvalue weighted by molar-refractivity contribution is 0.104. The molecule has 6 nitrogen and oxygen atoms in total. The second kappa shape index (κ2) is 5.88. The number of pyridine rings is 1. The number of anilines is 1. The fourth-order valence-corrected chi connectivity index (χ4v) is 1.81. The third-order valence-electron chi connectivity index (χ3n) is 2.72. The minimum atomic E-state index is 0.448. The molecule has 19 heavy (non-hydrogen) atoms. The van der Waals surface area contributed by atoms with E-state index in [1.165, 1.54) is 0 Å². The van der Waals surface area contributed by atoms with E-state index in [0.29, 0.717) is 30.9 Å². The molecule has 0 aliphatic heterocycles. The summed E-state index contributed by atoms with van der Waals surface area (Å²) < 4.78 is 12.5. The van der Waals surface area contributed by atoms with E-state index < -0.39 is 0 Å². The molecule has 0 aliphatic carbocycles. The zero-order chi connectivity index (χ0) is 13.8. The van der Waals surface area contributed by atoms with Gasteiger partial charge in [-0.05, 0) is 12.0 Å². The van der Waals surface area contributed by atoms with E-state index >= 15 is 0 Å². The van der Waals surface area contributed by atoms with Crippen LogP contribution in [0.3, 0.4) is 0 Å². The van der Waals surface area contributed by atoms with Crippen molar-refractivity contribution < 1.29 is 9.47 Å². The molecule has 0 aromatic carbocycles. The largest absolute Gasteiger partial charge is 0.481 e. The van der Waals surface area contributed by atoms with E-state index in [0.717, 1.165) is 17.8 Å². The first-order valence-corrected chi connectivity index (χ1v) is 6.36. The van der Waals surface area contributed by atoms with E-state index in [4.69, 9.17) is 15.2 Å². The van der Waals surface area contributed by atoms with Crippen LogP contribution < -0.4 is 10.5 Å². The highest BCUT2D eigenvalue weighted by Gasteiger charge is 2.10. The fraction of sp³-hybridized carbons (Fsp3) is 0.538. The first-order chi connectivity index (χ1) is 9.11. The Labute approximate surface area is 112 Å². The third kappa shape index (κ3) is 3.14. The average Bonchev–Trinajstić information content (AvgIpc) is 2.69. The Bertz CT molecular complexity index is 551. The number of imidazole rings is 1. The lowest BCUT2D eigenvalue weighted by atomic mass is 10.2. The molecule has 0 aliphatic rings. The third-order valence-corrected chi connectivity index (χ3v) is 2.72. The molecule has 0 spiro atoms. The van der Waals surface area contributed by atoms with Crippen LogP contribution in [-0.2, 0) is 11.3 Å². The van der Waals surface area contributed by atoms with Crippen LogP contribution in [0.4, 0.5) is 5.95 Å². The average molecular weight is 264 g/mol. The molecule has 6 heteroatoms. The maximum atomic E-state index is 5.90. The first-order valence-electron chi connectivity index (χ1n) is 6.36. The highest BCUT2D eigenvalue weighted by Crippen LogP contribution is 2.19. The molecule has 0 saturated carbocycles. The number of fused-ring (bicyclic) bond motifs is 1. The molecule has 0 radical (unpaired) electrons. The number of rotatable bonds is 6. The van der Waals surface area contributed by atoms with Gasteiger partial charge in [-0.15, -0.1) is 0 Å². The lowest BCUT2D eigenvalue weighted by Gasteiger charge is -2.09. The number of methoxy groups -OCH3 is 1. The molecule has 2 N–H and O–H groups in total. The van der Waals surface area contributed by atoms with Gasteiger partial charge in [-0.3, -0.25) is 4.57 Å². The number of ether oxygens (including phenoxy) is 2. The molecule has 2 aromatic rings. The van der Waals surface area contributed by atoms with Crippen LogP contribution >= 0.6 is 0 Å². The highest BCUT2D eigenvalue weighted by molar-refractivity contribution is 5.74. The van der Waals surface area contributed by atoms with Gasteiger partial charge in [-0.1, -0.05) is 13.8 Å². The predicted molar refractivity (Wildman–Crippen MR) is 74.1 cm³/mol. The van der Waals surface area contributed by atoms with E-state index in [2.05, 4.69) is 23.8 Å². The summed E-state index contributed by atoms with van der Waals surface area (Å²) in [5, 5.41) is 0. The van der Waals surface area contributed by atoms with Gasteiger partial charge in [0.25, 0.3) is 0 Å². The van der Waals surface area contributed by atoms with Crippen molar-refractivity contribution >= 4 is 17.1 Å². The zero-order valence-electron chi connectivity index (χ0n) is 11.6. The molecule has 2 rings (SSSR count). The Hall–Kier alpha value is -1.82. The van der Waals surface area contributed by atoms with Gasteiger partial charge in [0, 0.05) is 12.7 Å². The molecule has 104 valence electrons. The SMILES string of the molecule is COc1ccc2nc(N)n(CCOCC(C)C)c2n1. The maximum absolute atomic E-state index is 5.90. The number of nitrogen functional groups attached to an aromatic ring is 1. The lowest BCUT2D eigenvalue weighted by Crippen LogP contribution is -2.11. The van der Waals surface area contributed by atoms with Gasteiger partial charge in [-0.25, -0.2) is 4.98 Å². The zero-order valence-corrected chi connectivity index (χ0v) is 11.6. The van der Waals surface area contributed by atoms with Crippen LogP contribution in [0.15, 0.2) is 12.1 Å². The smallest absolute Gasteiger partial charge is 0.215 e. The van der Waals surface area contributed by atoms with E-state index in [9.17, 15) is 0 Å². The van der Waals surface area contributed by atoms with Crippen LogP contribution in [0.2, 0.25) is 0 Å². The highest BCUT2D eigenvalue weighted by atomic mass is 16.5. The number of aromatic nitrogens is 3.